The van der Waals surface area contributed by atoms with Gasteiger partial charge in [-0.15, -0.1) is 11.3 Å². The third kappa shape index (κ3) is 3.74. The van der Waals surface area contributed by atoms with Crippen LogP contribution in [0.3, 0.4) is 0 Å². The normalized spacial score (nSPS) is 25.3. The highest BCUT2D eigenvalue weighted by Gasteiger charge is 2.71. The summed E-state index contributed by atoms with van der Waals surface area (Å²) in [6.07, 6.45) is 6.49. The summed E-state index contributed by atoms with van der Waals surface area (Å²) in [5.74, 6) is 0.692. The largest absolute Gasteiger partial charge is 0.309 e. The van der Waals surface area contributed by atoms with E-state index in [9.17, 15) is 13.6 Å². The molecule has 1 aliphatic heterocycles. The van der Waals surface area contributed by atoms with E-state index in [1.807, 2.05) is 12.3 Å². The summed E-state index contributed by atoms with van der Waals surface area (Å²) in [5, 5.41) is 8.04. The molecule has 4 fully saturated rings. The van der Waals surface area contributed by atoms with Gasteiger partial charge in [-0.05, 0) is 75.9 Å². The fraction of sp³-hybridized carbons (Fsp3) is 0.444. The second kappa shape index (κ2) is 8.34. The summed E-state index contributed by atoms with van der Waals surface area (Å²) >= 11 is 1.27. The van der Waals surface area contributed by atoms with Crippen molar-refractivity contribution in [3.8, 4) is 10.6 Å². The summed E-state index contributed by atoms with van der Waals surface area (Å²) in [7, 11) is 3.74. The highest BCUT2D eigenvalue weighted by Crippen LogP contribution is 2.70. The van der Waals surface area contributed by atoms with E-state index >= 15 is 0 Å². The van der Waals surface area contributed by atoms with E-state index in [0.717, 1.165) is 37.8 Å². The number of hydrogen-bond acceptors (Lipinski definition) is 8. The second-order valence-corrected chi connectivity index (χ2v) is 12.2. The fourth-order valence-electron chi connectivity index (χ4n) is 6.30. The van der Waals surface area contributed by atoms with Crippen molar-refractivity contribution in [2.24, 2.45) is 7.05 Å². The van der Waals surface area contributed by atoms with E-state index in [1.165, 1.54) is 21.6 Å². The molecule has 8 rings (SSSR count). The van der Waals surface area contributed by atoms with Gasteiger partial charge in [0, 0.05) is 18.7 Å². The Labute approximate surface area is 221 Å². The van der Waals surface area contributed by atoms with E-state index in [4.69, 9.17) is 0 Å². The van der Waals surface area contributed by atoms with Crippen LogP contribution in [0.5, 0.6) is 0 Å². The molecule has 1 N–H and O–H groups in total. The summed E-state index contributed by atoms with van der Waals surface area (Å²) in [5.41, 5.74) is 0.341. The molecule has 3 saturated carbocycles. The molecule has 8 nitrogen and oxygen atoms in total. The number of thiophene rings is 1. The average Bonchev–Trinajstić information content (AvgIpc) is 3.32. The van der Waals surface area contributed by atoms with Crippen LogP contribution in [0.2, 0.25) is 0 Å². The first-order chi connectivity index (χ1) is 18.2. The van der Waals surface area contributed by atoms with Crippen LogP contribution in [-0.2, 0) is 12.5 Å². The van der Waals surface area contributed by atoms with Crippen LogP contribution in [0.15, 0.2) is 35.4 Å². The monoisotopic (exact) mass is 535 g/mol. The smallest absolute Gasteiger partial charge is 0.275 e. The van der Waals surface area contributed by atoms with Crippen LogP contribution >= 0.6 is 11.3 Å². The number of rotatable bonds is 5. The number of pyridine rings is 1. The van der Waals surface area contributed by atoms with Crippen molar-refractivity contribution in [3.63, 3.8) is 0 Å². The summed E-state index contributed by atoms with van der Waals surface area (Å²) in [6.45, 7) is 2.16. The lowest BCUT2D eigenvalue weighted by atomic mass is 9.41. The quantitative estimate of drug-likeness (QED) is 0.397. The van der Waals surface area contributed by atoms with Crippen molar-refractivity contribution < 1.29 is 8.78 Å². The van der Waals surface area contributed by atoms with E-state index in [2.05, 4.69) is 43.4 Å². The minimum Gasteiger partial charge on any atom is -0.309 e. The van der Waals surface area contributed by atoms with E-state index in [1.54, 1.807) is 13.1 Å². The highest BCUT2D eigenvalue weighted by molar-refractivity contribution is 7.22. The molecule has 4 aromatic rings. The Morgan fingerprint density at radius 2 is 1.87 bits per heavy atom. The first-order valence-corrected chi connectivity index (χ1v) is 13.7. The van der Waals surface area contributed by atoms with Gasteiger partial charge in [-0.25, -0.2) is 28.4 Å². The molecule has 2 bridgehead atoms. The predicted molar refractivity (Wildman–Crippen MR) is 142 cm³/mol. The van der Waals surface area contributed by atoms with Gasteiger partial charge in [-0.2, -0.15) is 5.10 Å². The van der Waals surface area contributed by atoms with Gasteiger partial charge in [0.15, 0.2) is 5.82 Å². The number of halogens is 2. The van der Waals surface area contributed by atoms with E-state index < -0.39 is 11.5 Å². The van der Waals surface area contributed by atoms with Crippen LogP contribution in [0.25, 0.3) is 20.7 Å². The maximum Gasteiger partial charge on any atom is 0.275 e. The van der Waals surface area contributed by atoms with Crippen LogP contribution in [0.1, 0.15) is 49.3 Å². The number of piperidine rings is 1. The fourth-order valence-corrected chi connectivity index (χ4v) is 7.54. The molecule has 0 aromatic carbocycles. The summed E-state index contributed by atoms with van der Waals surface area (Å²) in [6, 6.07) is 5.62. The number of fused-ring (bicyclic) bond motifs is 1. The third-order valence-corrected chi connectivity index (χ3v) is 9.53. The van der Waals surface area contributed by atoms with Gasteiger partial charge in [0.2, 0.25) is 5.95 Å². The number of anilines is 2. The van der Waals surface area contributed by atoms with Crippen LogP contribution in [0.4, 0.5) is 20.5 Å². The Hall–Kier alpha value is -3.31. The van der Waals surface area contributed by atoms with Crippen molar-refractivity contribution in [1.82, 2.24) is 29.6 Å². The number of aromatic nitrogens is 5. The van der Waals surface area contributed by atoms with Gasteiger partial charge in [0.25, 0.3) is 5.56 Å². The predicted octanol–water partition coefficient (Wildman–Crippen LogP) is 4.68. The topological polar surface area (TPSA) is 88.8 Å². The molecule has 38 heavy (non-hydrogen) atoms. The zero-order chi connectivity index (χ0) is 26.2. The minimum atomic E-state index is -1.10. The molecular formula is C27H27F2N7OS. The van der Waals surface area contributed by atoms with Crippen molar-refractivity contribution >= 4 is 33.2 Å². The molecule has 0 amide bonds. The maximum atomic E-state index is 14.9. The summed E-state index contributed by atoms with van der Waals surface area (Å²) in [4.78, 5) is 28.8. The number of hydrogen-bond donors (Lipinski definition) is 1. The van der Waals surface area contributed by atoms with Gasteiger partial charge in [0.1, 0.15) is 17.2 Å². The van der Waals surface area contributed by atoms with Crippen LogP contribution < -0.4 is 10.9 Å². The van der Waals surface area contributed by atoms with Crippen molar-refractivity contribution in [2.75, 3.05) is 25.5 Å². The van der Waals surface area contributed by atoms with Gasteiger partial charge < -0.3 is 10.2 Å². The number of alkyl halides is 1. The van der Waals surface area contributed by atoms with Crippen LogP contribution in [0, 0.1) is 5.82 Å². The third-order valence-electron chi connectivity index (χ3n) is 8.38. The number of aryl methyl sites for hydroxylation is 1. The Morgan fingerprint density at radius 3 is 2.55 bits per heavy atom. The Kier molecular flexibility index (Phi) is 5.22. The molecule has 4 aliphatic rings. The first kappa shape index (κ1) is 23.8. The van der Waals surface area contributed by atoms with Crippen LogP contribution in [-0.4, -0.2) is 55.4 Å². The Morgan fingerprint density at radius 1 is 1.11 bits per heavy atom. The molecular weight excluding hydrogens is 508 g/mol. The van der Waals surface area contributed by atoms with Gasteiger partial charge in [0.05, 0.1) is 26.9 Å². The van der Waals surface area contributed by atoms with Crippen molar-refractivity contribution in [3.05, 3.63) is 58.0 Å². The molecule has 11 heteroatoms. The lowest BCUT2D eigenvalue weighted by molar-refractivity contribution is -0.159. The highest BCUT2D eigenvalue weighted by atomic mass is 32.1. The number of nitrogens with one attached hydrogen (secondary N) is 1. The number of nitrogens with zero attached hydrogens (tertiary/aromatic N) is 6. The van der Waals surface area contributed by atoms with E-state index in [-0.39, 0.29) is 22.6 Å². The van der Waals surface area contributed by atoms with Gasteiger partial charge in [-0.1, -0.05) is 6.07 Å². The molecule has 4 aromatic heterocycles. The zero-order valence-corrected chi connectivity index (χ0v) is 22.0. The first-order valence-electron chi connectivity index (χ1n) is 12.9. The molecule has 0 atom stereocenters. The molecule has 3 aliphatic carbocycles. The standard InChI is InChI=1S/C27H27F2N7OS/c1-35-7-5-15(6-8-35)16-3-4-20(30-10-16)32-25-31-11-18(28)21(33-25)19-9-17-22(38-19)23(34-36(2)24(17)37)26-12-27(29,13-26)14-26/h3-4,9-11,15H,5-8,12-14H2,1-2H3,(H,30,31,32,33). The molecule has 196 valence electrons. The molecule has 1 saturated heterocycles. The SMILES string of the molecule is CN1CCC(c2ccc(Nc3ncc(F)c(-c4cc5c(=O)n(C)nc(C67CC(F)(C6)C7)c5s4)n3)nc2)CC1. The average molecular weight is 536 g/mol. The molecule has 0 radical (unpaired) electrons. The zero-order valence-electron chi connectivity index (χ0n) is 21.2. The lowest BCUT2D eigenvalue weighted by Gasteiger charge is -2.65. The Bertz CT molecular complexity index is 1610. The molecule has 5 heterocycles. The van der Waals surface area contributed by atoms with Crippen molar-refractivity contribution in [1.29, 1.82) is 0 Å². The Balaban J connectivity index is 1.18. The molecule has 0 spiro atoms. The van der Waals surface area contributed by atoms with Crippen molar-refractivity contribution in [2.45, 2.75) is 49.1 Å². The second-order valence-electron chi connectivity index (χ2n) is 11.2. The minimum absolute atomic E-state index is 0.0965. The molecule has 0 unspecified atom stereocenters. The van der Waals surface area contributed by atoms with Gasteiger partial charge in [-0.3, -0.25) is 4.79 Å². The van der Waals surface area contributed by atoms with E-state index in [0.29, 0.717) is 46.0 Å². The van der Waals surface area contributed by atoms with Gasteiger partial charge >= 0.3 is 0 Å². The summed E-state index contributed by atoms with van der Waals surface area (Å²) < 4.78 is 31.2. The maximum absolute atomic E-state index is 14.9. The lowest BCUT2D eigenvalue weighted by Crippen LogP contribution is -2.67. The number of likely N-dealkylation sites (tertiary alicyclic amines) is 1.